The van der Waals surface area contributed by atoms with Gasteiger partial charge >= 0.3 is 0 Å². The molecule has 0 unspecified atom stereocenters. The highest BCUT2D eigenvalue weighted by Crippen LogP contribution is 2.30. The van der Waals surface area contributed by atoms with Crippen molar-refractivity contribution >= 4 is 50.7 Å². The van der Waals surface area contributed by atoms with E-state index in [9.17, 15) is 18.0 Å². The number of carbonyl (C=O) groups is 2. The fraction of sp³-hybridized carbons (Fsp3) is 0.333. The number of sulfonamides is 1. The summed E-state index contributed by atoms with van der Waals surface area (Å²) in [5.74, 6) is -0.889. The Morgan fingerprint density at radius 3 is 2.15 bits per heavy atom. The molecule has 0 saturated heterocycles. The van der Waals surface area contributed by atoms with Gasteiger partial charge in [-0.25, -0.2) is 8.42 Å². The van der Waals surface area contributed by atoms with Crippen LogP contribution in [0.25, 0.3) is 0 Å². The summed E-state index contributed by atoms with van der Waals surface area (Å²) in [6.07, 6.45) is 0.309. The number of aryl methyl sites for hydroxylation is 1. The van der Waals surface area contributed by atoms with Crippen molar-refractivity contribution in [1.82, 2.24) is 10.2 Å². The molecule has 0 bridgehead atoms. The quantitative estimate of drug-likeness (QED) is 0.298. The maximum Gasteiger partial charge on any atom is 0.264 e. The zero-order valence-corrected chi connectivity index (χ0v) is 25.6. The molecule has 0 aromatic heterocycles. The lowest BCUT2D eigenvalue weighted by atomic mass is 10.1. The summed E-state index contributed by atoms with van der Waals surface area (Å²) < 4.78 is 28.9. The first-order valence-electron chi connectivity index (χ1n) is 12.9. The number of rotatable bonds is 10. The molecule has 0 heterocycles. The summed E-state index contributed by atoms with van der Waals surface area (Å²) >= 11 is 12.6. The molecule has 0 spiro atoms. The number of hydrogen-bond donors (Lipinski definition) is 1. The molecule has 0 radical (unpaired) electrons. The van der Waals surface area contributed by atoms with E-state index in [-0.39, 0.29) is 17.3 Å². The highest BCUT2D eigenvalue weighted by molar-refractivity contribution is 7.92. The van der Waals surface area contributed by atoms with Gasteiger partial charge in [0.1, 0.15) is 12.6 Å². The molecule has 10 heteroatoms. The molecule has 0 fully saturated rings. The van der Waals surface area contributed by atoms with Crippen molar-refractivity contribution in [2.45, 2.75) is 64.1 Å². The minimum Gasteiger partial charge on any atom is -0.350 e. The second-order valence-corrected chi connectivity index (χ2v) is 13.2. The highest BCUT2D eigenvalue weighted by Gasteiger charge is 2.35. The molecule has 2 amide bonds. The summed E-state index contributed by atoms with van der Waals surface area (Å²) in [6.45, 7) is 8.59. The molecule has 0 saturated carbocycles. The molecule has 40 heavy (non-hydrogen) atoms. The summed E-state index contributed by atoms with van der Waals surface area (Å²) in [6, 6.07) is 18.9. The molecule has 7 nitrogen and oxygen atoms in total. The normalized spacial score (nSPS) is 12.5. The Morgan fingerprint density at radius 1 is 0.950 bits per heavy atom. The van der Waals surface area contributed by atoms with E-state index in [4.69, 9.17) is 23.2 Å². The van der Waals surface area contributed by atoms with Gasteiger partial charge in [0.2, 0.25) is 11.8 Å². The van der Waals surface area contributed by atoms with E-state index < -0.39 is 34.1 Å². The Balaban J connectivity index is 2.11. The third-order valence-electron chi connectivity index (χ3n) is 6.22. The third-order valence-corrected chi connectivity index (χ3v) is 8.60. The second kappa shape index (κ2) is 13.1. The first-order chi connectivity index (χ1) is 18.7. The first-order valence-corrected chi connectivity index (χ1v) is 15.1. The molecule has 214 valence electrons. The van der Waals surface area contributed by atoms with Crippen LogP contribution in [0.5, 0.6) is 0 Å². The van der Waals surface area contributed by atoms with Crippen molar-refractivity contribution in [2.24, 2.45) is 0 Å². The van der Waals surface area contributed by atoms with Crippen LogP contribution in [0.4, 0.5) is 5.69 Å². The molecule has 1 N–H and O–H groups in total. The van der Waals surface area contributed by atoms with Gasteiger partial charge in [0, 0.05) is 22.1 Å². The average molecular weight is 605 g/mol. The molecule has 1 atom stereocenters. The van der Waals surface area contributed by atoms with E-state index in [1.807, 2.05) is 27.7 Å². The molecule has 3 aromatic carbocycles. The Morgan fingerprint density at radius 2 is 1.57 bits per heavy atom. The molecular weight excluding hydrogens is 569 g/mol. The summed E-state index contributed by atoms with van der Waals surface area (Å²) in [5, 5.41) is 3.83. The number of nitrogens with zero attached hydrogens (tertiary/aromatic N) is 2. The average Bonchev–Trinajstić information content (AvgIpc) is 2.88. The number of nitrogens with one attached hydrogen (secondary N) is 1. The molecular formula is C30H35Cl2N3O4S. The number of carbonyl (C=O) groups excluding carboxylic acids is 2. The number of hydrogen-bond acceptors (Lipinski definition) is 4. The topological polar surface area (TPSA) is 86.8 Å². The third kappa shape index (κ3) is 7.77. The van der Waals surface area contributed by atoms with Gasteiger partial charge in [-0.1, -0.05) is 66.5 Å². The molecule has 3 aromatic rings. The van der Waals surface area contributed by atoms with E-state index in [0.29, 0.717) is 33.3 Å². The Labute approximate surface area is 247 Å². The Hall–Kier alpha value is -3.07. The lowest BCUT2D eigenvalue weighted by Gasteiger charge is -2.35. The SMILES string of the molecule is CC[C@@H](C(=O)NC(C)(C)C)N(Cc1ccccc1Cl)C(=O)CN(c1ccc(Cl)cc1C)S(=O)(=O)c1ccccc1. The Kier molecular flexibility index (Phi) is 10.3. The summed E-state index contributed by atoms with van der Waals surface area (Å²) in [7, 11) is -4.16. The predicted molar refractivity (Wildman–Crippen MR) is 161 cm³/mol. The summed E-state index contributed by atoms with van der Waals surface area (Å²) in [5.41, 5.74) is 0.994. The zero-order valence-electron chi connectivity index (χ0n) is 23.3. The van der Waals surface area contributed by atoms with E-state index in [0.717, 1.165) is 4.31 Å². The first kappa shape index (κ1) is 31.5. The monoisotopic (exact) mass is 603 g/mol. The zero-order chi connectivity index (χ0) is 29.7. The fourth-order valence-corrected chi connectivity index (χ4v) is 6.24. The van der Waals surface area contributed by atoms with E-state index in [1.165, 1.54) is 17.0 Å². The van der Waals surface area contributed by atoms with Crippen LogP contribution in [-0.4, -0.2) is 43.3 Å². The van der Waals surface area contributed by atoms with Crippen LogP contribution in [0.1, 0.15) is 45.2 Å². The van der Waals surface area contributed by atoms with Crippen LogP contribution in [0.3, 0.4) is 0 Å². The second-order valence-electron chi connectivity index (χ2n) is 10.5. The largest absolute Gasteiger partial charge is 0.350 e. The smallest absolute Gasteiger partial charge is 0.264 e. The van der Waals surface area contributed by atoms with Crippen molar-refractivity contribution < 1.29 is 18.0 Å². The van der Waals surface area contributed by atoms with Gasteiger partial charge in [-0.3, -0.25) is 13.9 Å². The van der Waals surface area contributed by atoms with Gasteiger partial charge in [0.15, 0.2) is 0 Å². The summed E-state index contributed by atoms with van der Waals surface area (Å²) in [4.78, 5) is 29.0. The van der Waals surface area contributed by atoms with Crippen LogP contribution in [-0.2, 0) is 26.2 Å². The minimum atomic E-state index is -4.16. The van der Waals surface area contributed by atoms with Gasteiger partial charge in [-0.2, -0.15) is 0 Å². The van der Waals surface area contributed by atoms with Gasteiger partial charge in [0.05, 0.1) is 10.6 Å². The molecule has 0 aliphatic carbocycles. The minimum absolute atomic E-state index is 0.0212. The molecule has 0 aliphatic rings. The Bertz CT molecular complexity index is 1460. The fourth-order valence-electron chi connectivity index (χ4n) is 4.31. The van der Waals surface area contributed by atoms with Gasteiger partial charge in [-0.05, 0) is 81.6 Å². The van der Waals surface area contributed by atoms with Crippen molar-refractivity contribution in [2.75, 3.05) is 10.8 Å². The van der Waals surface area contributed by atoms with E-state index in [2.05, 4.69) is 5.32 Å². The van der Waals surface area contributed by atoms with Gasteiger partial charge < -0.3 is 10.2 Å². The lowest BCUT2D eigenvalue weighted by molar-refractivity contribution is -0.141. The van der Waals surface area contributed by atoms with Gasteiger partial charge in [0.25, 0.3) is 10.0 Å². The number of halogens is 2. The van der Waals surface area contributed by atoms with E-state index >= 15 is 0 Å². The van der Waals surface area contributed by atoms with Crippen molar-refractivity contribution in [3.8, 4) is 0 Å². The van der Waals surface area contributed by atoms with Crippen LogP contribution >= 0.6 is 23.2 Å². The molecule has 0 aliphatic heterocycles. The molecule has 3 rings (SSSR count). The maximum absolute atomic E-state index is 14.1. The van der Waals surface area contributed by atoms with Crippen molar-refractivity contribution in [3.05, 3.63) is 94.0 Å². The standard InChI is InChI=1S/C30H35Cl2N3O4S/c1-6-26(29(37)33-30(3,4)5)34(19-22-12-10-11-15-25(22)32)28(36)20-35(27-17-16-23(31)18-21(27)2)40(38,39)24-13-8-7-9-14-24/h7-18,26H,6,19-20H2,1-5H3,(H,33,37)/t26-/m0/s1. The number of amides is 2. The van der Waals surface area contributed by atoms with Crippen LogP contribution in [0.15, 0.2) is 77.7 Å². The van der Waals surface area contributed by atoms with Crippen molar-refractivity contribution in [1.29, 1.82) is 0 Å². The van der Waals surface area contributed by atoms with Crippen LogP contribution in [0, 0.1) is 6.92 Å². The van der Waals surface area contributed by atoms with Crippen LogP contribution in [0.2, 0.25) is 10.0 Å². The number of benzene rings is 3. The predicted octanol–water partition coefficient (Wildman–Crippen LogP) is 6.22. The number of anilines is 1. The highest BCUT2D eigenvalue weighted by atomic mass is 35.5. The maximum atomic E-state index is 14.1. The van der Waals surface area contributed by atoms with Gasteiger partial charge in [-0.15, -0.1) is 0 Å². The van der Waals surface area contributed by atoms with Crippen LogP contribution < -0.4 is 9.62 Å². The van der Waals surface area contributed by atoms with Crippen molar-refractivity contribution in [3.63, 3.8) is 0 Å². The van der Waals surface area contributed by atoms with E-state index in [1.54, 1.807) is 67.6 Å². The lowest BCUT2D eigenvalue weighted by Crippen LogP contribution is -2.55.